The van der Waals surface area contributed by atoms with Crippen LogP contribution >= 0.6 is 0 Å². The highest BCUT2D eigenvalue weighted by Crippen LogP contribution is 2.28. The van der Waals surface area contributed by atoms with Crippen molar-refractivity contribution in [3.8, 4) is 0 Å². The quantitative estimate of drug-likeness (QED) is 0.805. The molecule has 0 spiro atoms. The molecule has 0 aliphatic rings. The van der Waals surface area contributed by atoms with Gasteiger partial charge in [-0.3, -0.25) is 0 Å². The summed E-state index contributed by atoms with van der Waals surface area (Å²) in [5.74, 6) is 1.08. The van der Waals surface area contributed by atoms with E-state index in [9.17, 15) is 0 Å². The standard InChI is InChI=1S/C16H23NO/c1-4-7-14(17-10-5-2)15-11-13-9-6-8-12(3)16(13)18-15/h6,8-9,11,14,17H,4-5,7,10H2,1-3H3. The zero-order valence-corrected chi connectivity index (χ0v) is 11.6. The lowest BCUT2D eigenvalue weighted by Gasteiger charge is -2.14. The van der Waals surface area contributed by atoms with Crippen molar-refractivity contribution >= 4 is 11.0 Å². The van der Waals surface area contributed by atoms with Crippen molar-refractivity contribution in [2.45, 2.75) is 46.1 Å². The Morgan fingerprint density at radius 1 is 1.22 bits per heavy atom. The average molecular weight is 245 g/mol. The van der Waals surface area contributed by atoms with E-state index in [1.807, 2.05) is 0 Å². The smallest absolute Gasteiger partial charge is 0.137 e. The summed E-state index contributed by atoms with van der Waals surface area (Å²) in [5, 5.41) is 4.79. The second-order valence-corrected chi connectivity index (χ2v) is 4.94. The van der Waals surface area contributed by atoms with Gasteiger partial charge in [-0.25, -0.2) is 0 Å². The van der Waals surface area contributed by atoms with E-state index < -0.39 is 0 Å². The molecule has 1 N–H and O–H groups in total. The topological polar surface area (TPSA) is 25.2 Å². The predicted octanol–water partition coefficient (Wildman–Crippen LogP) is 4.58. The van der Waals surface area contributed by atoms with Gasteiger partial charge in [0.15, 0.2) is 0 Å². The Morgan fingerprint density at radius 3 is 2.72 bits per heavy atom. The van der Waals surface area contributed by atoms with Crippen LogP contribution in [-0.2, 0) is 0 Å². The van der Waals surface area contributed by atoms with Crippen molar-refractivity contribution in [3.63, 3.8) is 0 Å². The van der Waals surface area contributed by atoms with E-state index in [1.54, 1.807) is 0 Å². The molecule has 0 fully saturated rings. The van der Waals surface area contributed by atoms with E-state index in [4.69, 9.17) is 4.42 Å². The Labute approximate surface area is 109 Å². The molecule has 1 atom stereocenters. The minimum Gasteiger partial charge on any atom is -0.459 e. The summed E-state index contributed by atoms with van der Waals surface area (Å²) in [6, 6.07) is 8.85. The van der Waals surface area contributed by atoms with Gasteiger partial charge in [-0.2, -0.15) is 0 Å². The van der Waals surface area contributed by atoms with E-state index in [0.29, 0.717) is 6.04 Å². The molecule has 2 nitrogen and oxygen atoms in total. The van der Waals surface area contributed by atoms with Crippen molar-refractivity contribution in [1.29, 1.82) is 0 Å². The molecule has 1 heterocycles. The van der Waals surface area contributed by atoms with Crippen LogP contribution in [0, 0.1) is 6.92 Å². The van der Waals surface area contributed by atoms with Crippen molar-refractivity contribution in [2.24, 2.45) is 0 Å². The van der Waals surface area contributed by atoms with Gasteiger partial charge in [0.05, 0.1) is 6.04 Å². The van der Waals surface area contributed by atoms with Crippen LogP contribution in [0.3, 0.4) is 0 Å². The molecule has 2 rings (SSSR count). The maximum Gasteiger partial charge on any atom is 0.137 e. The zero-order valence-electron chi connectivity index (χ0n) is 11.6. The van der Waals surface area contributed by atoms with Crippen LogP contribution in [-0.4, -0.2) is 6.54 Å². The van der Waals surface area contributed by atoms with E-state index in [-0.39, 0.29) is 0 Å². The van der Waals surface area contributed by atoms with Crippen LogP contribution in [0.4, 0.5) is 0 Å². The van der Waals surface area contributed by atoms with E-state index in [2.05, 4.69) is 50.4 Å². The maximum atomic E-state index is 6.05. The molecule has 0 aliphatic carbocycles. The lowest BCUT2D eigenvalue weighted by atomic mass is 10.1. The highest BCUT2D eigenvalue weighted by molar-refractivity contribution is 5.80. The molecule has 2 aromatic rings. The van der Waals surface area contributed by atoms with Crippen molar-refractivity contribution in [3.05, 3.63) is 35.6 Å². The van der Waals surface area contributed by atoms with Crippen LogP contribution < -0.4 is 5.32 Å². The molecule has 98 valence electrons. The minimum absolute atomic E-state index is 0.349. The number of fused-ring (bicyclic) bond motifs is 1. The van der Waals surface area contributed by atoms with Gasteiger partial charge in [0.2, 0.25) is 0 Å². The first kappa shape index (κ1) is 13.2. The lowest BCUT2D eigenvalue weighted by Crippen LogP contribution is -2.21. The molecular formula is C16H23NO. The summed E-state index contributed by atoms with van der Waals surface area (Å²) in [5.41, 5.74) is 2.25. The first-order valence-electron chi connectivity index (χ1n) is 6.98. The van der Waals surface area contributed by atoms with Gasteiger partial charge in [-0.05, 0) is 37.9 Å². The van der Waals surface area contributed by atoms with Crippen LogP contribution in [0.15, 0.2) is 28.7 Å². The molecule has 0 radical (unpaired) electrons. The molecule has 1 aromatic carbocycles. The van der Waals surface area contributed by atoms with E-state index >= 15 is 0 Å². The van der Waals surface area contributed by atoms with Gasteiger partial charge in [0.1, 0.15) is 11.3 Å². The monoisotopic (exact) mass is 245 g/mol. The van der Waals surface area contributed by atoms with Crippen LogP contribution in [0.1, 0.15) is 50.5 Å². The Hall–Kier alpha value is -1.28. The molecule has 0 aliphatic heterocycles. The number of para-hydroxylation sites is 1. The Morgan fingerprint density at radius 2 is 2.06 bits per heavy atom. The number of furan rings is 1. The maximum absolute atomic E-state index is 6.05. The molecule has 0 saturated heterocycles. The Kier molecular flexibility index (Phi) is 4.43. The average Bonchev–Trinajstić information content (AvgIpc) is 2.80. The number of hydrogen-bond acceptors (Lipinski definition) is 2. The summed E-state index contributed by atoms with van der Waals surface area (Å²) in [7, 11) is 0. The van der Waals surface area contributed by atoms with Gasteiger partial charge in [-0.1, -0.05) is 38.5 Å². The summed E-state index contributed by atoms with van der Waals surface area (Å²) in [4.78, 5) is 0. The van der Waals surface area contributed by atoms with Crippen LogP contribution in [0.5, 0.6) is 0 Å². The summed E-state index contributed by atoms with van der Waals surface area (Å²) in [6.45, 7) is 7.55. The first-order chi connectivity index (χ1) is 8.76. The number of hydrogen-bond donors (Lipinski definition) is 1. The highest BCUT2D eigenvalue weighted by atomic mass is 16.3. The molecule has 1 aromatic heterocycles. The van der Waals surface area contributed by atoms with Gasteiger partial charge in [0, 0.05) is 5.39 Å². The Balaban J connectivity index is 2.29. The number of aryl methyl sites for hydroxylation is 1. The van der Waals surface area contributed by atoms with Crippen molar-refractivity contribution < 1.29 is 4.42 Å². The lowest BCUT2D eigenvalue weighted by molar-refractivity contribution is 0.407. The van der Waals surface area contributed by atoms with Crippen molar-refractivity contribution in [1.82, 2.24) is 5.32 Å². The largest absolute Gasteiger partial charge is 0.459 e. The molecule has 0 amide bonds. The molecule has 2 heteroatoms. The second-order valence-electron chi connectivity index (χ2n) is 4.94. The van der Waals surface area contributed by atoms with E-state index in [1.165, 1.54) is 10.9 Å². The van der Waals surface area contributed by atoms with Crippen LogP contribution in [0.2, 0.25) is 0 Å². The van der Waals surface area contributed by atoms with Gasteiger partial charge in [0.25, 0.3) is 0 Å². The van der Waals surface area contributed by atoms with Crippen LogP contribution in [0.25, 0.3) is 11.0 Å². The number of benzene rings is 1. The fraction of sp³-hybridized carbons (Fsp3) is 0.500. The normalized spacial score (nSPS) is 13.1. The fourth-order valence-corrected chi connectivity index (χ4v) is 2.35. The first-order valence-corrected chi connectivity index (χ1v) is 6.98. The fourth-order valence-electron chi connectivity index (χ4n) is 2.35. The minimum atomic E-state index is 0.349. The zero-order chi connectivity index (χ0) is 13.0. The Bertz CT molecular complexity index is 501. The van der Waals surface area contributed by atoms with Gasteiger partial charge < -0.3 is 9.73 Å². The van der Waals surface area contributed by atoms with Gasteiger partial charge in [-0.15, -0.1) is 0 Å². The molecule has 0 saturated carbocycles. The van der Waals surface area contributed by atoms with Crippen molar-refractivity contribution in [2.75, 3.05) is 6.54 Å². The number of nitrogens with one attached hydrogen (secondary N) is 1. The summed E-state index contributed by atoms with van der Waals surface area (Å²) in [6.07, 6.45) is 3.44. The SMILES string of the molecule is CCCNC(CCC)c1cc2cccc(C)c2o1. The molecule has 0 bridgehead atoms. The predicted molar refractivity (Wildman–Crippen MR) is 76.9 cm³/mol. The molecule has 1 unspecified atom stereocenters. The summed E-state index contributed by atoms with van der Waals surface area (Å²) < 4.78 is 6.05. The van der Waals surface area contributed by atoms with E-state index in [0.717, 1.165) is 37.2 Å². The second kappa shape index (κ2) is 6.05. The third-order valence-corrected chi connectivity index (χ3v) is 3.32. The third-order valence-electron chi connectivity index (χ3n) is 3.32. The number of rotatable bonds is 6. The third kappa shape index (κ3) is 2.75. The molecule has 18 heavy (non-hydrogen) atoms. The van der Waals surface area contributed by atoms with Gasteiger partial charge >= 0.3 is 0 Å². The molecular weight excluding hydrogens is 222 g/mol. The highest BCUT2D eigenvalue weighted by Gasteiger charge is 2.15. The summed E-state index contributed by atoms with van der Waals surface area (Å²) >= 11 is 0.